The molecule has 2 aromatic rings. The van der Waals surface area contributed by atoms with Gasteiger partial charge in [0.05, 0.1) is 0 Å². The molecule has 76 valence electrons. The maximum Gasteiger partial charge on any atom is 0.341 e. The monoisotopic (exact) mass is 267 g/mol. The molecule has 0 atom stereocenters. The quantitative estimate of drug-likeness (QED) is 0.857. The number of aromatic carboxylic acids is 1. The molecule has 0 saturated carbocycles. The summed E-state index contributed by atoms with van der Waals surface area (Å²) in [5, 5.41) is 8.76. The number of halogens is 1. The van der Waals surface area contributed by atoms with Crippen LogP contribution in [0.25, 0.3) is 5.52 Å². The Hall–Kier alpha value is -1.62. The maximum atomic E-state index is 11.6. The Balaban J connectivity index is 2.86. The summed E-state index contributed by atoms with van der Waals surface area (Å²) in [5.41, 5.74) is -0.0957. The number of carbonyl (C=O) groups is 1. The van der Waals surface area contributed by atoms with Crippen LogP contribution in [0.1, 0.15) is 10.4 Å². The highest BCUT2D eigenvalue weighted by atomic mass is 79.9. The number of carboxylic acids is 1. The second-order valence-corrected chi connectivity index (χ2v) is 3.91. The minimum atomic E-state index is -1.21. The highest BCUT2D eigenvalue weighted by molar-refractivity contribution is 9.10. The molecule has 0 aliphatic heterocycles. The predicted molar refractivity (Wildman–Crippen MR) is 58.3 cm³/mol. The first kappa shape index (κ1) is 9.92. The molecule has 0 aliphatic carbocycles. The summed E-state index contributed by atoms with van der Waals surface area (Å²) in [4.78, 5) is 22.4. The summed E-state index contributed by atoms with van der Waals surface area (Å²) in [5.74, 6) is -1.21. The average Bonchev–Trinajstić information content (AvgIpc) is 2.17. The summed E-state index contributed by atoms with van der Waals surface area (Å²) < 4.78 is 2.14. The Morgan fingerprint density at radius 1 is 1.33 bits per heavy atom. The smallest absolute Gasteiger partial charge is 0.341 e. The topological polar surface area (TPSA) is 58.8 Å². The van der Waals surface area contributed by atoms with Crippen molar-refractivity contribution in [2.75, 3.05) is 0 Å². The van der Waals surface area contributed by atoms with Gasteiger partial charge in [0.2, 0.25) is 0 Å². The van der Waals surface area contributed by atoms with Crippen molar-refractivity contribution in [3.8, 4) is 0 Å². The first-order valence-electron chi connectivity index (χ1n) is 4.14. The summed E-state index contributed by atoms with van der Waals surface area (Å²) in [7, 11) is 0. The highest BCUT2D eigenvalue weighted by Gasteiger charge is 2.09. The lowest BCUT2D eigenvalue weighted by atomic mass is 10.2. The van der Waals surface area contributed by atoms with Crippen LogP contribution in [0.5, 0.6) is 0 Å². The van der Waals surface area contributed by atoms with E-state index in [1.165, 1.54) is 16.7 Å². The second kappa shape index (κ2) is 3.51. The molecule has 0 aromatic carbocycles. The lowest BCUT2D eigenvalue weighted by molar-refractivity contribution is 0.0695. The zero-order valence-electron chi connectivity index (χ0n) is 7.48. The van der Waals surface area contributed by atoms with E-state index in [9.17, 15) is 9.59 Å². The third-order valence-corrected chi connectivity index (χ3v) is 2.54. The lowest BCUT2D eigenvalue weighted by Crippen LogP contribution is -2.21. The first-order chi connectivity index (χ1) is 7.09. The SMILES string of the molecule is O=C(O)c1ccc2cc(Br)ccn2c1=O. The second-order valence-electron chi connectivity index (χ2n) is 3.00. The van der Waals surface area contributed by atoms with Crippen LogP contribution >= 0.6 is 15.9 Å². The van der Waals surface area contributed by atoms with Gasteiger partial charge < -0.3 is 5.11 Å². The summed E-state index contributed by atoms with van der Waals surface area (Å²) in [6.07, 6.45) is 1.54. The van der Waals surface area contributed by atoms with Crippen LogP contribution in [-0.2, 0) is 0 Å². The molecule has 0 fully saturated rings. The molecule has 0 unspecified atom stereocenters. The van der Waals surface area contributed by atoms with Crippen molar-refractivity contribution < 1.29 is 9.90 Å². The molecule has 2 aromatic heterocycles. The molecule has 0 aliphatic rings. The van der Waals surface area contributed by atoms with Gasteiger partial charge in [-0.05, 0) is 24.3 Å². The van der Waals surface area contributed by atoms with Crippen molar-refractivity contribution in [3.05, 3.63) is 50.9 Å². The summed E-state index contributed by atoms with van der Waals surface area (Å²) in [6.45, 7) is 0. The van der Waals surface area contributed by atoms with E-state index in [4.69, 9.17) is 5.11 Å². The van der Waals surface area contributed by atoms with Gasteiger partial charge in [0.15, 0.2) is 0 Å². The van der Waals surface area contributed by atoms with Gasteiger partial charge in [-0.25, -0.2) is 4.79 Å². The van der Waals surface area contributed by atoms with Crippen LogP contribution < -0.4 is 5.56 Å². The zero-order chi connectivity index (χ0) is 11.0. The molecule has 5 heteroatoms. The molecule has 2 rings (SSSR count). The lowest BCUT2D eigenvalue weighted by Gasteiger charge is -2.01. The van der Waals surface area contributed by atoms with E-state index < -0.39 is 11.5 Å². The molecule has 4 nitrogen and oxygen atoms in total. The van der Waals surface area contributed by atoms with Crippen LogP contribution in [0.2, 0.25) is 0 Å². The molecule has 1 N–H and O–H groups in total. The van der Waals surface area contributed by atoms with Crippen molar-refractivity contribution in [2.24, 2.45) is 0 Å². The number of rotatable bonds is 1. The third kappa shape index (κ3) is 1.66. The fraction of sp³-hybridized carbons (Fsp3) is 0. The van der Waals surface area contributed by atoms with Crippen molar-refractivity contribution in [1.29, 1.82) is 0 Å². The number of hydrogen-bond donors (Lipinski definition) is 1. The summed E-state index contributed by atoms with van der Waals surface area (Å²) >= 11 is 3.27. The highest BCUT2D eigenvalue weighted by Crippen LogP contribution is 2.11. The maximum absolute atomic E-state index is 11.6. The van der Waals surface area contributed by atoms with Gasteiger partial charge in [-0.3, -0.25) is 9.20 Å². The van der Waals surface area contributed by atoms with E-state index in [-0.39, 0.29) is 5.56 Å². The first-order valence-corrected chi connectivity index (χ1v) is 4.93. The fourth-order valence-electron chi connectivity index (χ4n) is 1.34. The van der Waals surface area contributed by atoms with E-state index in [0.29, 0.717) is 5.52 Å². The van der Waals surface area contributed by atoms with Crippen LogP contribution in [0.4, 0.5) is 0 Å². The number of carboxylic acid groups (broad SMARTS) is 1. The third-order valence-electron chi connectivity index (χ3n) is 2.05. The molecule has 0 spiro atoms. The van der Waals surface area contributed by atoms with E-state index >= 15 is 0 Å². The molecular formula is C10H6BrNO3. The molecule has 0 radical (unpaired) electrons. The number of aromatic nitrogens is 1. The van der Waals surface area contributed by atoms with Gasteiger partial charge in [0.1, 0.15) is 5.56 Å². The molecule has 15 heavy (non-hydrogen) atoms. The molecular weight excluding hydrogens is 262 g/mol. The van der Waals surface area contributed by atoms with Crippen LogP contribution in [0.15, 0.2) is 39.7 Å². The predicted octanol–water partition coefficient (Wildman–Crippen LogP) is 1.76. The summed E-state index contributed by atoms with van der Waals surface area (Å²) in [6, 6.07) is 6.33. The van der Waals surface area contributed by atoms with Crippen molar-refractivity contribution in [3.63, 3.8) is 0 Å². The minimum absolute atomic E-state index is 0.227. The van der Waals surface area contributed by atoms with Gasteiger partial charge >= 0.3 is 5.97 Å². The van der Waals surface area contributed by atoms with Crippen molar-refractivity contribution in [1.82, 2.24) is 4.40 Å². The minimum Gasteiger partial charge on any atom is -0.477 e. The average molecular weight is 268 g/mol. The fourth-order valence-corrected chi connectivity index (χ4v) is 1.69. The van der Waals surface area contributed by atoms with Gasteiger partial charge in [0.25, 0.3) is 5.56 Å². The van der Waals surface area contributed by atoms with E-state index in [0.717, 1.165) is 4.47 Å². The molecule has 2 heterocycles. The van der Waals surface area contributed by atoms with Crippen LogP contribution in [-0.4, -0.2) is 15.5 Å². The Labute approximate surface area is 92.9 Å². The van der Waals surface area contributed by atoms with Gasteiger partial charge in [-0.2, -0.15) is 0 Å². The number of nitrogens with zero attached hydrogens (tertiary/aromatic N) is 1. The van der Waals surface area contributed by atoms with E-state index in [1.54, 1.807) is 18.2 Å². The Kier molecular flexibility index (Phi) is 2.32. The molecule has 0 amide bonds. The Morgan fingerprint density at radius 2 is 2.07 bits per heavy atom. The largest absolute Gasteiger partial charge is 0.477 e. The van der Waals surface area contributed by atoms with Crippen LogP contribution in [0, 0.1) is 0 Å². The van der Waals surface area contributed by atoms with Gasteiger partial charge in [0, 0.05) is 16.2 Å². The molecule has 0 bridgehead atoms. The zero-order valence-corrected chi connectivity index (χ0v) is 9.06. The number of fused-ring (bicyclic) bond motifs is 1. The van der Waals surface area contributed by atoms with E-state index in [1.807, 2.05) is 0 Å². The normalized spacial score (nSPS) is 10.5. The Bertz CT molecular complexity index is 603. The van der Waals surface area contributed by atoms with Crippen LogP contribution in [0.3, 0.4) is 0 Å². The van der Waals surface area contributed by atoms with Crippen molar-refractivity contribution in [2.45, 2.75) is 0 Å². The molecule has 0 saturated heterocycles. The van der Waals surface area contributed by atoms with E-state index in [2.05, 4.69) is 15.9 Å². The number of hydrogen-bond acceptors (Lipinski definition) is 2. The van der Waals surface area contributed by atoms with Crippen molar-refractivity contribution >= 4 is 27.4 Å². The standard InChI is InChI=1S/C10H6BrNO3/c11-6-3-4-12-7(5-6)1-2-8(9(12)13)10(14)15/h1-5H,(H,14,15). The Morgan fingerprint density at radius 3 is 2.73 bits per heavy atom. The van der Waals surface area contributed by atoms with Gasteiger partial charge in [-0.1, -0.05) is 15.9 Å². The van der Waals surface area contributed by atoms with Gasteiger partial charge in [-0.15, -0.1) is 0 Å². The number of pyridine rings is 2.